The highest BCUT2D eigenvalue weighted by atomic mass is 14.9. The van der Waals surface area contributed by atoms with Gasteiger partial charge in [0, 0.05) is 11.8 Å². The van der Waals surface area contributed by atoms with Crippen LogP contribution in [0.5, 0.6) is 0 Å². The third-order valence-electron chi connectivity index (χ3n) is 2.49. The van der Waals surface area contributed by atoms with Gasteiger partial charge in [0.25, 0.3) is 0 Å². The van der Waals surface area contributed by atoms with Crippen LogP contribution >= 0.6 is 0 Å². The Bertz CT molecular complexity index is 440. The molecule has 0 atom stereocenters. The topological polar surface area (TPSA) is 51.8 Å². The van der Waals surface area contributed by atoms with Gasteiger partial charge in [0.1, 0.15) is 12.1 Å². The lowest BCUT2D eigenvalue weighted by molar-refractivity contribution is 0.795. The second-order valence-corrected chi connectivity index (χ2v) is 3.77. The predicted octanol–water partition coefficient (Wildman–Crippen LogP) is 2.23. The average Bonchev–Trinajstić information content (AvgIpc) is 2.30. The van der Waals surface area contributed by atoms with Crippen LogP contribution in [-0.4, -0.2) is 9.97 Å². The Hall–Kier alpha value is -1.90. The van der Waals surface area contributed by atoms with Crippen molar-refractivity contribution in [1.82, 2.24) is 9.97 Å². The number of aromatic nitrogens is 2. The van der Waals surface area contributed by atoms with E-state index in [1.165, 1.54) is 11.9 Å². The molecule has 2 aromatic rings. The normalized spacial score (nSPS) is 10.2. The summed E-state index contributed by atoms with van der Waals surface area (Å²) in [6.45, 7) is 0. The molecule has 0 saturated heterocycles. The number of hydrogen-bond acceptors (Lipinski definition) is 3. The third kappa shape index (κ3) is 3.05. The van der Waals surface area contributed by atoms with Crippen molar-refractivity contribution >= 4 is 5.82 Å². The minimum absolute atomic E-state index is 0.546. The Morgan fingerprint density at radius 2 is 1.81 bits per heavy atom. The molecule has 0 aliphatic heterocycles. The zero-order valence-corrected chi connectivity index (χ0v) is 9.13. The van der Waals surface area contributed by atoms with Gasteiger partial charge < -0.3 is 5.73 Å². The molecule has 16 heavy (non-hydrogen) atoms. The van der Waals surface area contributed by atoms with Crippen LogP contribution < -0.4 is 5.73 Å². The molecule has 0 amide bonds. The molecule has 3 heteroatoms. The summed E-state index contributed by atoms with van der Waals surface area (Å²) >= 11 is 0. The van der Waals surface area contributed by atoms with Crippen LogP contribution in [0.15, 0.2) is 42.7 Å². The highest BCUT2D eigenvalue weighted by Crippen LogP contribution is 2.07. The molecule has 1 aromatic carbocycles. The van der Waals surface area contributed by atoms with Crippen molar-refractivity contribution < 1.29 is 0 Å². The zero-order chi connectivity index (χ0) is 11.2. The largest absolute Gasteiger partial charge is 0.384 e. The lowest BCUT2D eigenvalue weighted by atomic mass is 10.1. The van der Waals surface area contributed by atoms with Gasteiger partial charge in [-0.2, -0.15) is 0 Å². The number of rotatable bonds is 4. The van der Waals surface area contributed by atoms with E-state index in [1.54, 1.807) is 0 Å². The van der Waals surface area contributed by atoms with E-state index in [0.29, 0.717) is 5.82 Å². The van der Waals surface area contributed by atoms with Crippen LogP contribution in [-0.2, 0) is 12.8 Å². The van der Waals surface area contributed by atoms with Gasteiger partial charge in [-0.3, -0.25) is 0 Å². The van der Waals surface area contributed by atoms with Crippen molar-refractivity contribution in [2.24, 2.45) is 0 Å². The van der Waals surface area contributed by atoms with E-state index in [2.05, 4.69) is 34.2 Å². The maximum absolute atomic E-state index is 5.59. The molecular formula is C13H15N3. The second-order valence-electron chi connectivity index (χ2n) is 3.77. The number of nitrogens with zero attached hydrogens (tertiary/aromatic N) is 2. The smallest absolute Gasteiger partial charge is 0.126 e. The molecule has 1 heterocycles. The summed E-state index contributed by atoms with van der Waals surface area (Å²) < 4.78 is 0. The van der Waals surface area contributed by atoms with E-state index >= 15 is 0 Å². The first-order valence-corrected chi connectivity index (χ1v) is 5.45. The zero-order valence-electron chi connectivity index (χ0n) is 9.13. The number of hydrogen-bond donors (Lipinski definition) is 1. The maximum atomic E-state index is 5.59. The Morgan fingerprint density at radius 3 is 2.56 bits per heavy atom. The first kappa shape index (κ1) is 10.6. The van der Waals surface area contributed by atoms with E-state index in [0.717, 1.165) is 25.0 Å². The van der Waals surface area contributed by atoms with Gasteiger partial charge in [0.05, 0.1) is 0 Å². The molecule has 1 aromatic heterocycles. The average molecular weight is 213 g/mol. The van der Waals surface area contributed by atoms with Crippen molar-refractivity contribution in [2.75, 3.05) is 5.73 Å². The fourth-order valence-corrected chi connectivity index (χ4v) is 1.67. The Kier molecular flexibility index (Phi) is 3.49. The van der Waals surface area contributed by atoms with E-state index < -0.39 is 0 Å². The SMILES string of the molecule is Nc1cc(CCCc2ccccc2)ncn1. The molecule has 0 fully saturated rings. The minimum Gasteiger partial charge on any atom is -0.384 e. The summed E-state index contributed by atoms with van der Waals surface area (Å²) in [5.41, 5.74) is 7.97. The standard InChI is InChI=1S/C13H15N3/c14-13-9-12(15-10-16-13)8-4-7-11-5-2-1-3-6-11/h1-3,5-6,9-10H,4,7-8H2,(H2,14,15,16). The molecule has 0 aliphatic rings. The summed E-state index contributed by atoms with van der Waals surface area (Å²) in [7, 11) is 0. The second kappa shape index (κ2) is 5.26. The van der Waals surface area contributed by atoms with Crippen molar-refractivity contribution in [1.29, 1.82) is 0 Å². The Labute approximate surface area is 95.4 Å². The molecule has 0 saturated carbocycles. The van der Waals surface area contributed by atoms with Crippen LogP contribution in [0.25, 0.3) is 0 Å². The van der Waals surface area contributed by atoms with Crippen LogP contribution in [0.3, 0.4) is 0 Å². The lowest BCUT2D eigenvalue weighted by Crippen LogP contribution is -1.97. The number of aryl methyl sites for hydroxylation is 2. The van der Waals surface area contributed by atoms with Gasteiger partial charge >= 0.3 is 0 Å². The fraction of sp³-hybridized carbons (Fsp3) is 0.231. The van der Waals surface area contributed by atoms with Gasteiger partial charge in [-0.25, -0.2) is 9.97 Å². The molecule has 82 valence electrons. The van der Waals surface area contributed by atoms with Crippen molar-refractivity contribution in [2.45, 2.75) is 19.3 Å². The molecule has 0 unspecified atom stereocenters. The van der Waals surface area contributed by atoms with Gasteiger partial charge in [0.15, 0.2) is 0 Å². The van der Waals surface area contributed by atoms with E-state index in [-0.39, 0.29) is 0 Å². The molecule has 3 nitrogen and oxygen atoms in total. The summed E-state index contributed by atoms with van der Waals surface area (Å²) in [6.07, 6.45) is 4.63. The molecule has 2 rings (SSSR count). The van der Waals surface area contributed by atoms with Crippen LogP contribution in [0.1, 0.15) is 17.7 Å². The summed E-state index contributed by atoms with van der Waals surface area (Å²) in [5, 5.41) is 0. The molecule has 0 spiro atoms. The van der Waals surface area contributed by atoms with Crippen molar-refractivity contribution in [3.05, 3.63) is 54.0 Å². The number of anilines is 1. The van der Waals surface area contributed by atoms with Crippen LogP contribution in [0, 0.1) is 0 Å². The van der Waals surface area contributed by atoms with Gasteiger partial charge in [-0.15, -0.1) is 0 Å². The maximum Gasteiger partial charge on any atom is 0.126 e. The third-order valence-corrected chi connectivity index (χ3v) is 2.49. The van der Waals surface area contributed by atoms with Crippen LogP contribution in [0.4, 0.5) is 5.82 Å². The first-order chi connectivity index (χ1) is 7.84. The van der Waals surface area contributed by atoms with E-state index in [9.17, 15) is 0 Å². The Balaban J connectivity index is 1.85. The molecule has 2 N–H and O–H groups in total. The lowest BCUT2D eigenvalue weighted by Gasteiger charge is -2.01. The molecule has 0 radical (unpaired) electrons. The van der Waals surface area contributed by atoms with Crippen LogP contribution in [0.2, 0.25) is 0 Å². The van der Waals surface area contributed by atoms with E-state index in [1.807, 2.05) is 12.1 Å². The van der Waals surface area contributed by atoms with Gasteiger partial charge in [0.2, 0.25) is 0 Å². The summed E-state index contributed by atoms with van der Waals surface area (Å²) in [4.78, 5) is 8.05. The molecular weight excluding hydrogens is 198 g/mol. The Morgan fingerprint density at radius 1 is 1.00 bits per heavy atom. The quantitative estimate of drug-likeness (QED) is 0.847. The minimum atomic E-state index is 0.546. The summed E-state index contributed by atoms with van der Waals surface area (Å²) in [6, 6.07) is 12.3. The van der Waals surface area contributed by atoms with Gasteiger partial charge in [-0.1, -0.05) is 30.3 Å². The molecule has 0 bridgehead atoms. The van der Waals surface area contributed by atoms with Crippen molar-refractivity contribution in [3.8, 4) is 0 Å². The van der Waals surface area contributed by atoms with Crippen molar-refractivity contribution in [3.63, 3.8) is 0 Å². The fourth-order valence-electron chi connectivity index (χ4n) is 1.67. The van der Waals surface area contributed by atoms with Gasteiger partial charge in [-0.05, 0) is 24.8 Å². The number of nitrogens with two attached hydrogens (primary N) is 1. The first-order valence-electron chi connectivity index (χ1n) is 5.45. The summed E-state index contributed by atoms with van der Waals surface area (Å²) in [5.74, 6) is 0.546. The van der Waals surface area contributed by atoms with E-state index in [4.69, 9.17) is 5.73 Å². The highest BCUT2D eigenvalue weighted by molar-refractivity contribution is 5.27. The monoisotopic (exact) mass is 213 g/mol. The highest BCUT2D eigenvalue weighted by Gasteiger charge is 1.97. The number of nitrogen functional groups attached to an aromatic ring is 1. The molecule has 0 aliphatic carbocycles. The number of benzene rings is 1. The predicted molar refractivity (Wildman–Crippen MR) is 64.9 cm³/mol.